The van der Waals surface area contributed by atoms with Crippen molar-refractivity contribution in [3.63, 3.8) is 0 Å². The summed E-state index contributed by atoms with van der Waals surface area (Å²) in [5.41, 5.74) is 0. The van der Waals surface area contributed by atoms with E-state index in [0.717, 1.165) is 41.5 Å². The van der Waals surface area contributed by atoms with Crippen molar-refractivity contribution >= 4 is 53.1 Å². The molecule has 46 heavy (non-hydrogen) atoms. The van der Waals surface area contributed by atoms with Crippen molar-refractivity contribution in [3.8, 4) is 0 Å². The summed E-state index contributed by atoms with van der Waals surface area (Å²) in [7, 11) is 2.56. The smallest absolute Gasteiger partial charge is 0.303 e. The Morgan fingerprint density at radius 1 is 0.500 bits per heavy atom. The van der Waals surface area contributed by atoms with E-state index in [1.54, 1.807) is 0 Å². The Bertz CT molecular complexity index is 1050. The van der Waals surface area contributed by atoms with Crippen LogP contribution in [0.5, 0.6) is 0 Å². The van der Waals surface area contributed by atoms with Crippen LogP contribution in [0.3, 0.4) is 0 Å². The van der Waals surface area contributed by atoms with E-state index < -0.39 is 97.2 Å². The molecule has 0 saturated carbocycles. The topological polar surface area (TPSA) is 219 Å². The highest BCUT2D eigenvalue weighted by Crippen LogP contribution is 2.30. The van der Waals surface area contributed by atoms with E-state index in [9.17, 15) is 28.8 Å². The van der Waals surface area contributed by atoms with Crippen LogP contribution in [0.15, 0.2) is 0 Å². The first-order valence-electron chi connectivity index (χ1n) is 14.0. The monoisotopic (exact) mass is 680 g/mol. The number of hydrogen-bond acceptors (Lipinski definition) is 17. The van der Waals surface area contributed by atoms with E-state index in [1.165, 1.54) is 14.2 Å². The van der Waals surface area contributed by atoms with Gasteiger partial charge in [0.25, 0.3) is 0 Å². The number of nitrogens with one attached hydrogen (secondary N) is 2. The Kier molecular flexibility index (Phi) is 15.0. The first-order chi connectivity index (χ1) is 21.6. The average molecular weight is 681 g/mol. The van der Waals surface area contributed by atoms with Gasteiger partial charge in [-0.05, 0) is 12.2 Å². The number of esters is 6. The number of carbonyl (C=O) groups excluding carboxylic acids is 6. The summed E-state index contributed by atoms with van der Waals surface area (Å²) in [6.07, 6.45) is -12.2. The molecule has 18 nitrogen and oxygen atoms in total. The Balaban J connectivity index is 2.23. The van der Waals surface area contributed by atoms with E-state index >= 15 is 0 Å². The zero-order chi connectivity index (χ0) is 34.7. The van der Waals surface area contributed by atoms with Crippen molar-refractivity contribution in [2.75, 3.05) is 27.3 Å². The second-order valence-corrected chi connectivity index (χ2v) is 10.5. The van der Waals surface area contributed by atoms with Gasteiger partial charge < -0.3 is 58.0 Å². The maximum atomic E-state index is 12.0. The maximum absolute atomic E-state index is 12.0. The molecule has 2 saturated heterocycles. The molecular formula is C27H40N2O16S. The molecule has 10 atom stereocenters. The number of ether oxygens (including phenoxy) is 10. The third-order valence-corrected chi connectivity index (χ3v) is 6.68. The van der Waals surface area contributed by atoms with Crippen LogP contribution in [0.4, 0.5) is 0 Å². The maximum Gasteiger partial charge on any atom is 0.303 e. The Morgan fingerprint density at radius 2 is 0.761 bits per heavy atom. The molecule has 2 aliphatic heterocycles. The highest BCUT2D eigenvalue weighted by atomic mass is 32.1. The van der Waals surface area contributed by atoms with E-state index in [4.69, 9.17) is 59.6 Å². The van der Waals surface area contributed by atoms with Crippen LogP contribution in [-0.2, 0) is 76.1 Å². The van der Waals surface area contributed by atoms with Crippen LogP contribution in [0, 0.1) is 0 Å². The molecule has 2 fully saturated rings. The van der Waals surface area contributed by atoms with E-state index in [-0.39, 0.29) is 18.2 Å². The fourth-order valence-electron chi connectivity index (χ4n) is 4.87. The molecule has 0 aromatic heterocycles. The quantitative estimate of drug-likeness (QED) is 0.140. The number of thiocarbonyl (C=S) groups is 1. The van der Waals surface area contributed by atoms with E-state index in [1.807, 2.05) is 0 Å². The van der Waals surface area contributed by atoms with Gasteiger partial charge in [0.05, 0.1) is 0 Å². The number of hydrogen-bond donors (Lipinski definition) is 2. The Morgan fingerprint density at radius 3 is 1.02 bits per heavy atom. The first kappa shape index (κ1) is 38.5. The molecule has 0 aromatic rings. The second-order valence-electron chi connectivity index (χ2n) is 10.1. The van der Waals surface area contributed by atoms with Gasteiger partial charge in [-0.15, -0.1) is 0 Å². The fourth-order valence-corrected chi connectivity index (χ4v) is 5.03. The highest BCUT2D eigenvalue weighted by Gasteiger charge is 2.53. The minimum Gasteiger partial charge on any atom is -0.456 e. The molecule has 0 spiro atoms. The normalized spacial score (nSPS) is 30.5. The molecule has 2 aliphatic rings. The van der Waals surface area contributed by atoms with Gasteiger partial charge in [0.2, 0.25) is 0 Å². The first-order valence-corrected chi connectivity index (χ1v) is 14.4. The van der Waals surface area contributed by atoms with Crippen LogP contribution in [0.25, 0.3) is 0 Å². The predicted octanol–water partition coefficient (Wildman–Crippen LogP) is -1.22. The van der Waals surface area contributed by atoms with Crippen LogP contribution in [0.1, 0.15) is 41.5 Å². The van der Waals surface area contributed by atoms with Gasteiger partial charge >= 0.3 is 35.8 Å². The van der Waals surface area contributed by atoms with Crippen LogP contribution < -0.4 is 10.6 Å². The van der Waals surface area contributed by atoms with Crippen molar-refractivity contribution < 1.29 is 76.1 Å². The number of carbonyl (C=O) groups is 6. The van der Waals surface area contributed by atoms with Crippen molar-refractivity contribution in [2.45, 2.75) is 103 Å². The molecule has 2 rings (SSSR count). The lowest BCUT2D eigenvalue weighted by Gasteiger charge is -2.44. The zero-order valence-electron chi connectivity index (χ0n) is 26.6. The van der Waals surface area contributed by atoms with Crippen molar-refractivity contribution in [1.82, 2.24) is 10.6 Å². The summed E-state index contributed by atoms with van der Waals surface area (Å²) in [4.78, 5) is 71.4. The summed E-state index contributed by atoms with van der Waals surface area (Å²) in [5.74, 6) is -4.40. The summed E-state index contributed by atoms with van der Waals surface area (Å²) < 4.78 is 54.6. The molecule has 0 aromatic carbocycles. The third kappa shape index (κ3) is 11.3. The molecule has 260 valence electrons. The summed E-state index contributed by atoms with van der Waals surface area (Å²) in [6, 6.07) is 0. The van der Waals surface area contributed by atoms with Crippen LogP contribution in [0.2, 0.25) is 0 Å². The molecule has 2 N–H and O–H groups in total. The van der Waals surface area contributed by atoms with Crippen LogP contribution in [-0.4, -0.2) is 130 Å². The standard InChI is InChI=1S/C27H40N2O16S/c1-11(30)38-19-17(44-25(36-7)23(42-15(5)34)21(19)40-13(3)32)9-28-27(46)29-10-18-20(39-12(2)31)22(41-14(4)33)24(43-16(6)35)26(37-8)45-18/h17-26H,9-10H2,1-8H3,(H2,28,29,46)/t17-,18-,19-,20-,21+,22+,23-,24-,25+,26+/m1/s1. The minimum atomic E-state index is -1.30. The molecule has 2 heterocycles. The summed E-state index contributed by atoms with van der Waals surface area (Å²) in [5, 5.41) is 5.77. The van der Waals surface area contributed by atoms with E-state index in [0.29, 0.717) is 0 Å². The Labute approximate surface area is 270 Å². The molecule has 0 radical (unpaired) electrons. The molecule has 0 amide bonds. The lowest BCUT2D eigenvalue weighted by Crippen LogP contribution is -2.64. The van der Waals surface area contributed by atoms with E-state index in [2.05, 4.69) is 10.6 Å². The third-order valence-electron chi connectivity index (χ3n) is 6.39. The largest absolute Gasteiger partial charge is 0.456 e. The molecular weight excluding hydrogens is 640 g/mol. The van der Waals surface area contributed by atoms with Gasteiger partial charge in [0.1, 0.15) is 12.2 Å². The fraction of sp³-hybridized carbons (Fsp3) is 0.741. The second kappa shape index (κ2) is 17.9. The number of rotatable bonds is 12. The SMILES string of the molecule is CO[C@H]1O[C@H](CNC(=S)NC[C@H]2O[C@H](OC)[C@H](OC(C)=O)[C@@H](OC(C)=O)[C@@H]2OC(C)=O)[C@@H](OC(C)=O)[C@H](OC(C)=O)[C@H]1OC(C)=O. The van der Waals surface area contributed by atoms with Crippen molar-refractivity contribution in [2.24, 2.45) is 0 Å². The van der Waals surface area contributed by atoms with Gasteiger partial charge in [-0.1, -0.05) is 0 Å². The molecule has 0 bridgehead atoms. The highest BCUT2D eigenvalue weighted by molar-refractivity contribution is 7.80. The average Bonchev–Trinajstić information content (AvgIpc) is 2.93. The minimum absolute atomic E-state index is 0.00979. The van der Waals surface area contributed by atoms with Crippen molar-refractivity contribution in [3.05, 3.63) is 0 Å². The summed E-state index contributed by atoms with van der Waals surface area (Å²) >= 11 is 5.40. The van der Waals surface area contributed by atoms with Gasteiger partial charge in [-0.2, -0.15) is 0 Å². The molecule has 0 unspecified atom stereocenters. The van der Waals surface area contributed by atoms with Gasteiger partial charge in [-0.25, -0.2) is 0 Å². The van der Waals surface area contributed by atoms with Gasteiger partial charge in [0, 0.05) is 68.9 Å². The summed E-state index contributed by atoms with van der Waals surface area (Å²) in [6.45, 7) is 6.52. The number of methoxy groups -OCH3 is 2. The van der Waals surface area contributed by atoms with Gasteiger partial charge in [0.15, 0.2) is 54.3 Å². The zero-order valence-corrected chi connectivity index (χ0v) is 27.4. The van der Waals surface area contributed by atoms with Gasteiger partial charge in [-0.3, -0.25) is 28.8 Å². The molecule has 19 heteroatoms. The lowest BCUT2D eigenvalue weighted by molar-refractivity contribution is -0.296. The van der Waals surface area contributed by atoms with Crippen LogP contribution >= 0.6 is 12.2 Å². The lowest BCUT2D eigenvalue weighted by atomic mass is 9.97. The predicted molar refractivity (Wildman–Crippen MR) is 153 cm³/mol. The van der Waals surface area contributed by atoms with Crippen molar-refractivity contribution in [1.29, 1.82) is 0 Å². The Hall–Kier alpha value is -3.65. The molecule has 0 aliphatic carbocycles.